The number of aromatic nitrogens is 1. The molecule has 22 heavy (non-hydrogen) atoms. The predicted octanol–water partition coefficient (Wildman–Crippen LogP) is 4.23. The van der Waals surface area contributed by atoms with Crippen LogP contribution in [0.4, 0.5) is 0 Å². The second-order valence-corrected chi connectivity index (χ2v) is 5.82. The minimum Gasteiger partial charge on any atom is -0.370 e. The lowest BCUT2D eigenvalue weighted by Gasteiger charge is -2.07. The van der Waals surface area contributed by atoms with Crippen molar-refractivity contribution in [3.63, 3.8) is 0 Å². The van der Waals surface area contributed by atoms with Crippen LogP contribution in [0.3, 0.4) is 0 Å². The van der Waals surface area contributed by atoms with Crippen LogP contribution in [0.2, 0.25) is 0 Å². The van der Waals surface area contributed by atoms with E-state index in [2.05, 4.69) is 53.1 Å². The Balaban J connectivity index is 1.73. The first-order valence-corrected chi connectivity index (χ1v) is 8.01. The summed E-state index contributed by atoms with van der Waals surface area (Å²) in [5, 5.41) is 2.65. The molecule has 2 N–H and O–H groups in total. The summed E-state index contributed by atoms with van der Waals surface area (Å²) in [5.41, 5.74) is 7.78. The Labute approximate surface area is 130 Å². The fourth-order valence-electron chi connectivity index (χ4n) is 3.17. The number of rotatable bonds is 7. The van der Waals surface area contributed by atoms with Crippen LogP contribution in [0.25, 0.3) is 21.8 Å². The van der Waals surface area contributed by atoms with Gasteiger partial charge in [0.05, 0.1) is 0 Å². The Morgan fingerprint density at radius 2 is 1.36 bits per heavy atom. The number of carbonyl (C=O) groups excluding carboxylic acids is 1. The largest absolute Gasteiger partial charge is 0.370 e. The van der Waals surface area contributed by atoms with Crippen LogP contribution in [-0.4, -0.2) is 10.5 Å². The van der Waals surface area contributed by atoms with Crippen molar-refractivity contribution in [1.82, 2.24) is 4.57 Å². The molecule has 0 atom stereocenters. The van der Waals surface area contributed by atoms with Crippen molar-refractivity contribution in [2.45, 2.75) is 38.6 Å². The van der Waals surface area contributed by atoms with Gasteiger partial charge in [0.15, 0.2) is 0 Å². The van der Waals surface area contributed by atoms with E-state index < -0.39 is 0 Å². The number of unbranched alkanes of at least 4 members (excludes halogenated alkanes) is 3. The van der Waals surface area contributed by atoms with E-state index in [4.69, 9.17) is 5.73 Å². The topological polar surface area (TPSA) is 48.0 Å². The molecule has 1 heterocycles. The number of aryl methyl sites for hydroxylation is 1. The lowest BCUT2D eigenvalue weighted by Crippen LogP contribution is -2.09. The van der Waals surface area contributed by atoms with Crippen molar-refractivity contribution in [2.24, 2.45) is 5.73 Å². The normalized spacial score (nSPS) is 11.3. The first kappa shape index (κ1) is 14.6. The van der Waals surface area contributed by atoms with E-state index in [1.165, 1.54) is 21.8 Å². The zero-order chi connectivity index (χ0) is 15.4. The molecule has 3 nitrogen and oxygen atoms in total. The van der Waals surface area contributed by atoms with Crippen molar-refractivity contribution in [3.8, 4) is 0 Å². The van der Waals surface area contributed by atoms with E-state index in [1.807, 2.05) is 0 Å². The Bertz CT molecular complexity index is 735. The average molecular weight is 294 g/mol. The highest BCUT2D eigenvalue weighted by atomic mass is 16.1. The van der Waals surface area contributed by atoms with E-state index in [9.17, 15) is 4.79 Å². The smallest absolute Gasteiger partial charge is 0.217 e. The summed E-state index contributed by atoms with van der Waals surface area (Å²) in [6.07, 6.45) is 4.74. The highest BCUT2D eigenvalue weighted by Crippen LogP contribution is 2.29. The molecule has 3 heteroatoms. The molecule has 0 fully saturated rings. The molecule has 2 aromatic carbocycles. The average Bonchev–Trinajstić information content (AvgIpc) is 2.85. The van der Waals surface area contributed by atoms with Crippen LogP contribution in [0.5, 0.6) is 0 Å². The van der Waals surface area contributed by atoms with Gasteiger partial charge in [0, 0.05) is 34.8 Å². The maximum atomic E-state index is 10.7. The van der Waals surface area contributed by atoms with Crippen LogP contribution in [0, 0.1) is 0 Å². The van der Waals surface area contributed by atoms with Crippen LogP contribution in [-0.2, 0) is 11.3 Å². The predicted molar refractivity (Wildman–Crippen MR) is 91.7 cm³/mol. The van der Waals surface area contributed by atoms with Gasteiger partial charge in [-0.3, -0.25) is 4.79 Å². The number of benzene rings is 2. The summed E-state index contributed by atoms with van der Waals surface area (Å²) in [5.74, 6) is -0.192. The van der Waals surface area contributed by atoms with Crippen molar-refractivity contribution < 1.29 is 4.79 Å². The number of hydrogen-bond donors (Lipinski definition) is 1. The SMILES string of the molecule is NC(=O)CCCCCCn1c2ccccc2c2ccccc21. The Hall–Kier alpha value is -2.29. The van der Waals surface area contributed by atoms with E-state index in [1.54, 1.807) is 0 Å². The van der Waals surface area contributed by atoms with Gasteiger partial charge in [-0.25, -0.2) is 0 Å². The number of nitrogens with two attached hydrogens (primary N) is 1. The van der Waals surface area contributed by atoms with Crippen molar-refractivity contribution in [2.75, 3.05) is 0 Å². The standard InChI is InChI=1S/C19H22N2O/c20-19(22)13-3-1-2-8-14-21-17-11-6-4-9-15(17)16-10-5-7-12-18(16)21/h4-7,9-12H,1-3,8,13-14H2,(H2,20,22). The summed E-state index contributed by atoms with van der Waals surface area (Å²) >= 11 is 0. The Kier molecular flexibility index (Phi) is 4.42. The summed E-state index contributed by atoms with van der Waals surface area (Å²) in [6, 6.07) is 17.2. The Morgan fingerprint density at radius 1 is 0.818 bits per heavy atom. The van der Waals surface area contributed by atoms with Crippen LogP contribution in [0.15, 0.2) is 48.5 Å². The molecule has 0 aliphatic heterocycles. The number of amides is 1. The summed E-state index contributed by atoms with van der Waals surface area (Å²) in [7, 11) is 0. The minimum atomic E-state index is -0.192. The zero-order valence-electron chi connectivity index (χ0n) is 12.8. The second-order valence-electron chi connectivity index (χ2n) is 5.82. The quantitative estimate of drug-likeness (QED) is 0.651. The van der Waals surface area contributed by atoms with E-state index in [0.717, 1.165) is 32.2 Å². The van der Waals surface area contributed by atoms with E-state index in [-0.39, 0.29) is 5.91 Å². The van der Waals surface area contributed by atoms with Gasteiger partial charge in [-0.05, 0) is 25.0 Å². The van der Waals surface area contributed by atoms with E-state index >= 15 is 0 Å². The summed E-state index contributed by atoms with van der Waals surface area (Å²) in [4.78, 5) is 10.7. The van der Waals surface area contributed by atoms with Gasteiger partial charge in [0.25, 0.3) is 0 Å². The first-order valence-electron chi connectivity index (χ1n) is 8.01. The first-order chi connectivity index (χ1) is 10.8. The monoisotopic (exact) mass is 294 g/mol. The molecule has 0 aliphatic carbocycles. The molecular weight excluding hydrogens is 272 g/mol. The highest BCUT2D eigenvalue weighted by Gasteiger charge is 2.08. The highest BCUT2D eigenvalue weighted by molar-refractivity contribution is 6.07. The number of fused-ring (bicyclic) bond motifs is 3. The number of hydrogen-bond acceptors (Lipinski definition) is 1. The molecule has 0 saturated heterocycles. The van der Waals surface area contributed by atoms with Crippen molar-refractivity contribution in [3.05, 3.63) is 48.5 Å². The fourth-order valence-corrected chi connectivity index (χ4v) is 3.17. The zero-order valence-corrected chi connectivity index (χ0v) is 12.8. The lowest BCUT2D eigenvalue weighted by atomic mass is 10.1. The maximum Gasteiger partial charge on any atom is 0.217 e. The molecule has 3 rings (SSSR count). The van der Waals surface area contributed by atoms with Crippen molar-refractivity contribution in [1.29, 1.82) is 0 Å². The molecule has 0 bridgehead atoms. The molecule has 3 aromatic rings. The summed E-state index contributed by atoms with van der Waals surface area (Å²) in [6.45, 7) is 1.02. The second kappa shape index (κ2) is 6.65. The molecule has 0 spiro atoms. The van der Waals surface area contributed by atoms with Gasteiger partial charge in [0.2, 0.25) is 5.91 Å². The van der Waals surface area contributed by atoms with Gasteiger partial charge >= 0.3 is 0 Å². The molecule has 0 radical (unpaired) electrons. The van der Waals surface area contributed by atoms with Gasteiger partial charge < -0.3 is 10.3 Å². The number of carbonyl (C=O) groups is 1. The maximum absolute atomic E-state index is 10.7. The van der Waals surface area contributed by atoms with Gasteiger partial charge in [0.1, 0.15) is 0 Å². The summed E-state index contributed by atoms with van der Waals surface area (Å²) < 4.78 is 2.42. The Morgan fingerprint density at radius 3 is 1.95 bits per heavy atom. The molecule has 114 valence electrons. The number of primary amides is 1. The van der Waals surface area contributed by atoms with Crippen LogP contribution in [0.1, 0.15) is 32.1 Å². The number of nitrogens with zero attached hydrogens (tertiary/aromatic N) is 1. The van der Waals surface area contributed by atoms with E-state index in [0.29, 0.717) is 6.42 Å². The molecule has 1 aromatic heterocycles. The fraction of sp³-hybridized carbons (Fsp3) is 0.316. The van der Waals surface area contributed by atoms with Crippen molar-refractivity contribution >= 4 is 27.7 Å². The third kappa shape index (κ3) is 2.98. The van der Waals surface area contributed by atoms with Gasteiger partial charge in [-0.15, -0.1) is 0 Å². The molecule has 0 aliphatic rings. The molecule has 0 unspecified atom stereocenters. The third-order valence-electron chi connectivity index (χ3n) is 4.23. The lowest BCUT2D eigenvalue weighted by molar-refractivity contribution is -0.118. The molecule has 1 amide bonds. The van der Waals surface area contributed by atoms with Crippen LogP contribution < -0.4 is 5.73 Å². The molecule has 0 saturated carbocycles. The number of para-hydroxylation sites is 2. The molecular formula is C19H22N2O. The van der Waals surface area contributed by atoms with Crippen LogP contribution >= 0.6 is 0 Å². The van der Waals surface area contributed by atoms with Gasteiger partial charge in [-0.2, -0.15) is 0 Å². The third-order valence-corrected chi connectivity index (χ3v) is 4.23. The minimum absolute atomic E-state index is 0.192. The van der Waals surface area contributed by atoms with Gasteiger partial charge in [-0.1, -0.05) is 49.2 Å².